The van der Waals surface area contributed by atoms with Crippen LogP contribution in [0.5, 0.6) is 0 Å². The summed E-state index contributed by atoms with van der Waals surface area (Å²) in [5, 5.41) is 1.36. The molecule has 0 spiro atoms. The standard InChI is InChI=1S/C11H13NS2/c13-14-7-3-4-9-8-12-11-6-2-1-5-10(9)11/h1-2,5-6,8,12-13H,3-4,7H2. The van der Waals surface area contributed by atoms with Crippen LogP contribution in [-0.2, 0) is 6.42 Å². The van der Waals surface area contributed by atoms with Gasteiger partial charge in [-0.2, -0.15) is 0 Å². The minimum atomic E-state index is 1.11. The van der Waals surface area contributed by atoms with Gasteiger partial charge in [-0.3, -0.25) is 0 Å². The molecule has 2 rings (SSSR count). The fourth-order valence-electron chi connectivity index (χ4n) is 1.67. The number of nitrogens with one attached hydrogen (secondary N) is 1. The number of para-hydroxylation sites is 1. The average molecular weight is 223 g/mol. The Morgan fingerprint density at radius 1 is 1.29 bits per heavy atom. The van der Waals surface area contributed by atoms with Crippen LogP contribution >= 0.6 is 22.5 Å². The first-order chi connectivity index (χ1) is 6.92. The number of aromatic nitrogens is 1. The molecule has 0 radical (unpaired) electrons. The van der Waals surface area contributed by atoms with E-state index < -0.39 is 0 Å². The van der Waals surface area contributed by atoms with Gasteiger partial charge >= 0.3 is 0 Å². The maximum absolute atomic E-state index is 4.13. The molecular weight excluding hydrogens is 210 g/mol. The number of fused-ring (bicyclic) bond motifs is 1. The lowest BCUT2D eigenvalue weighted by Gasteiger charge is -1.97. The Morgan fingerprint density at radius 2 is 2.14 bits per heavy atom. The summed E-state index contributed by atoms with van der Waals surface area (Å²) in [6.45, 7) is 0. The second kappa shape index (κ2) is 4.80. The van der Waals surface area contributed by atoms with Crippen molar-refractivity contribution in [2.45, 2.75) is 12.8 Å². The van der Waals surface area contributed by atoms with E-state index in [4.69, 9.17) is 0 Å². The van der Waals surface area contributed by atoms with Crippen LogP contribution in [0.1, 0.15) is 12.0 Å². The third-order valence-corrected chi connectivity index (χ3v) is 3.38. The van der Waals surface area contributed by atoms with E-state index in [2.05, 4.69) is 47.1 Å². The van der Waals surface area contributed by atoms with Crippen molar-refractivity contribution in [3.63, 3.8) is 0 Å². The third kappa shape index (κ3) is 2.10. The lowest BCUT2D eigenvalue weighted by molar-refractivity contribution is 0.943. The maximum atomic E-state index is 4.13. The number of hydrogen-bond donors (Lipinski definition) is 2. The monoisotopic (exact) mass is 223 g/mol. The van der Waals surface area contributed by atoms with Crippen LogP contribution in [0.25, 0.3) is 10.9 Å². The molecule has 0 aliphatic heterocycles. The molecule has 0 unspecified atom stereocenters. The SMILES string of the molecule is SSCCCc1c[nH]c2ccccc12. The molecule has 0 saturated carbocycles. The molecular formula is C11H13NS2. The van der Waals surface area contributed by atoms with Gasteiger partial charge in [-0.15, -0.1) is 11.7 Å². The molecule has 1 heterocycles. The lowest BCUT2D eigenvalue weighted by atomic mass is 10.1. The number of hydrogen-bond acceptors (Lipinski definition) is 2. The second-order valence-electron chi connectivity index (χ2n) is 3.30. The van der Waals surface area contributed by atoms with Crippen molar-refractivity contribution < 1.29 is 0 Å². The summed E-state index contributed by atoms with van der Waals surface area (Å²) in [4.78, 5) is 3.29. The van der Waals surface area contributed by atoms with Crippen molar-refractivity contribution in [3.8, 4) is 0 Å². The smallest absolute Gasteiger partial charge is 0.0456 e. The first-order valence-electron chi connectivity index (χ1n) is 4.73. The van der Waals surface area contributed by atoms with E-state index in [0.29, 0.717) is 0 Å². The highest BCUT2D eigenvalue weighted by Gasteiger charge is 2.01. The van der Waals surface area contributed by atoms with Crippen LogP contribution in [0.15, 0.2) is 30.5 Å². The van der Waals surface area contributed by atoms with Gasteiger partial charge in [-0.05, 0) is 24.5 Å². The van der Waals surface area contributed by atoms with Gasteiger partial charge in [-0.1, -0.05) is 29.0 Å². The summed E-state index contributed by atoms with van der Waals surface area (Å²) in [6.07, 6.45) is 4.45. The summed E-state index contributed by atoms with van der Waals surface area (Å²) in [7, 11) is 1.61. The summed E-state index contributed by atoms with van der Waals surface area (Å²) < 4.78 is 0. The van der Waals surface area contributed by atoms with Crippen molar-refractivity contribution in [2.24, 2.45) is 0 Å². The third-order valence-electron chi connectivity index (χ3n) is 2.36. The zero-order valence-corrected chi connectivity index (χ0v) is 9.57. The second-order valence-corrected chi connectivity index (χ2v) is 4.74. The fourth-order valence-corrected chi connectivity index (χ4v) is 2.33. The van der Waals surface area contributed by atoms with E-state index >= 15 is 0 Å². The Kier molecular flexibility index (Phi) is 3.43. The predicted octanol–water partition coefficient (Wildman–Crippen LogP) is 3.68. The molecule has 0 amide bonds. The maximum Gasteiger partial charge on any atom is 0.0456 e. The van der Waals surface area contributed by atoms with Gasteiger partial charge in [0.1, 0.15) is 0 Å². The predicted molar refractivity (Wildman–Crippen MR) is 68.1 cm³/mol. The molecule has 0 fully saturated rings. The highest BCUT2D eigenvalue weighted by atomic mass is 33.1. The minimum Gasteiger partial charge on any atom is -0.361 e. The number of benzene rings is 1. The molecule has 1 nitrogen and oxygen atoms in total. The van der Waals surface area contributed by atoms with E-state index in [1.54, 1.807) is 10.8 Å². The highest BCUT2D eigenvalue weighted by molar-refractivity contribution is 8.68. The van der Waals surface area contributed by atoms with Gasteiger partial charge in [-0.25, -0.2) is 0 Å². The molecule has 0 atom stereocenters. The van der Waals surface area contributed by atoms with E-state index in [-0.39, 0.29) is 0 Å². The average Bonchev–Trinajstić information content (AvgIpc) is 2.63. The molecule has 1 aromatic heterocycles. The number of rotatable bonds is 4. The fraction of sp³-hybridized carbons (Fsp3) is 0.273. The Morgan fingerprint density at radius 3 is 3.00 bits per heavy atom. The van der Waals surface area contributed by atoms with Crippen LogP contribution < -0.4 is 0 Å². The van der Waals surface area contributed by atoms with E-state index in [0.717, 1.165) is 12.2 Å². The normalized spacial score (nSPS) is 10.9. The molecule has 1 aromatic carbocycles. The lowest BCUT2D eigenvalue weighted by Crippen LogP contribution is -1.84. The van der Waals surface area contributed by atoms with Crippen LogP contribution in [-0.4, -0.2) is 10.7 Å². The molecule has 0 saturated heterocycles. The van der Waals surface area contributed by atoms with E-state index in [1.807, 2.05) is 0 Å². The first kappa shape index (κ1) is 9.99. The van der Waals surface area contributed by atoms with Gasteiger partial charge in [0.25, 0.3) is 0 Å². The quantitative estimate of drug-likeness (QED) is 0.459. The van der Waals surface area contributed by atoms with Crippen LogP contribution in [0, 0.1) is 0 Å². The molecule has 1 N–H and O–H groups in total. The van der Waals surface area contributed by atoms with E-state index in [9.17, 15) is 0 Å². The first-order valence-corrected chi connectivity index (χ1v) is 6.77. The Hall–Kier alpha value is -0.540. The number of aryl methyl sites for hydroxylation is 1. The molecule has 2 aromatic rings. The molecule has 0 aliphatic carbocycles. The highest BCUT2D eigenvalue weighted by Crippen LogP contribution is 2.19. The van der Waals surface area contributed by atoms with Crippen molar-refractivity contribution >= 4 is 33.4 Å². The van der Waals surface area contributed by atoms with Gasteiger partial charge < -0.3 is 4.98 Å². The molecule has 3 heteroatoms. The molecule has 74 valence electrons. The van der Waals surface area contributed by atoms with Gasteiger partial charge in [0.05, 0.1) is 0 Å². The largest absolute Gasteiger partial charge is 0.361 e. The van der Waals surface area contributed by atoms with Crippen LogP contribution in [0.2, 0.25) is 0 Å². The minimum absolute atomic E-state index is 1.11. The summed E-state index contributed by atoms with van der Waals surface area (Å²) in [5.41, 5.74) is 2.66. The molecule has 14 heavy (non-hydrogen) atoms. The molecule has 0 bridgehead atoms. The van der Waals surface area contributed by atoms with E-state index in [1.165, 1.54) is 22.9 Å². The summed E-state index contributed by atoms with van der Waals surface area (Å²) in [6, 6.07) is 8.44. The zero-order valence-electron chi connectivity index (χ0n) is 7.86. The Labute approximate surface area is 93.1 Å². The zero-order chi connectivity index (χ0) is 9.80. The van der Waals surface area contributed by atoms with Crippen molar-refractivity contribution in [3.05, 3.63) is 36.0 Å². The van der Waals surface area contributed by atoms with Gasteiger partial charge in [0.2, 0.25) is 0 Å². The topological polar surface area (TPSA) is 15.8 Å². The van der Waals surface area contributed by atoms with Crippen LogP contribution in [0.4, 0.5) is 0 Å². The van der Waals surface area contributed by atoms with Crippen molar-refractivity contribution in [2.75, 3.05) is 5.75 Å². The Balaban J connectivity index is 2.17. The number of thiol groups is 1. The molecule has 0 aliphatic rings. The van der Waals surface area contributed by atoms with Crippen LogP contribution in [0.3, 0.4) is 0 Å². The van der Waals surface area contributed by atoms with Crippen molar-refractivity contribution in [1.82, 2.24) is 4.98 Å². The van der Waals surface area contributed by atoms with Gasteiger partial charge in [0.15, 0.2) is 0 Å². The summed E-state index contributed by atoms with van der Waals surface area (Å²) in [5.74, 6) is 1.11. The summed E-state index contributed by atoms with van der Waals surface area (Å²) >= 11 is 4.13. The Bertz CT molecular complexity index is 408. The number of H-pyrrole nitrogens is 1. The van der Waals surface area contributed by atoms with Gasteiger partial charge in [0, 0.05) is 22.9 Å². The van der Waals surface area contributed by atoms with Crippen molar-refractivity contribution in [1.29, 1.82) is 0 Å². The number of aromatic amines is 1.